The molecule has 0 aliphatic rings. The quantitative estimate of drug-likeness (QED) is 0.688. The maximum atomic E-state index is 4.41. The molecular weight excluding hydrogens is 196 g/mol. The Morgan fingerprint density at radius 1 is 1.00 bits per heavy atom. The van der Waals surface area contributed by atoms with Crippen LogP contribution >= 0.6 is 0 Å². The molecule has 2 aromatic heterocycles. The fourth-order valence-corrected chi connectivity index (χ4v) is 1.96. The molecule has 16 heavy (non-hydrogen) atoms. The van der Waals surface area contributed by atoms with Crippen LogP contribution in [0.4, 0.5) is 0 Å². The first-order valence-electron chi connectivity index (χ1n) is 5.38. The van der Waals surface area contributed by atoms with Gasteiger partial charge in [-0.2, -0.15) is 0 Å². The molecule has 0 amide bonds. The lowest BCUT2D eigenvalue weighted by Gasteiger charge is -1.98. The highest BCUT2D eigenvalue weighted by Gasteiger charge is 2.04. The minimum atomic E-state index is 0.928. The van der Waals surface area contributed by atoms with Crippen LogP contribution in [0.15, 0.2) is 54.9 Å². The number of fused-ring (bicyclic) bond motifs is 1. The van der Waals surface area contributed by atoms with Gasteiger partial charge in [0.15, 0.2) is 0 Å². The molecule has 0 radical (unpaired) electrons. The molecule has 2 nitrogen and oxygen atoms in total. The summed E-state index contributed by atoms with van der Waals surface area (Å²) in [5, 5.41) is 0. The summed E-state index contributed by atoms with van der Waals surface area (Å²) in [6.45, 7) is 0. The van der Waals surface area contributed by atoms with Gasteiger partial charge in [0.05, 0.1) is 11.0 Å². The van der Waals surface area contributed by atoms with Crippen molar-refractivity contribution in [2.75, 3.05) is 0 Å². The van der Waals surface area contributed by atoms with Crippen LogP contribution in [-0.4, -0.2) is 9.97 Å². The number of benzene rings is 1. The third-order valence-corrected chi connectivity index (χ3v) is 2.75. The molecule has 0 saturated carbocycles. The summed E-state index contributed by atoms with van der Waals surface area (Å²) < 4.78 is 0. The Morgan fingerprint density at radius 3 is 2.75 bits per heavy atom. The Balaban J connectivity index is 2.01. The van der Waals surface area contributed by atoms with Gasteiger partial charge in [-0.25, -0.2) is 0 Å². The smallest absolute Gasteiger partial charge is 0.0914 e. The van der Waals surface area contributed by atoms with E-state index in [1.807, 2.05) is 24.5 Å². The highest BCUT2D eigenvalue weighted by atomic mass is 14.8. The molecule has 2 heterocycles. The lowest BCUT2D eigenvalue weighted by atomic mass is 10.1. The second kappa shape index (κ2) is 3.81. The number of hydrogen-bond acceptors (Lipinski definition) is 1. The molecule has 0 bridgehead atoms. The van der Waals surface area contributed by atoms with Crippen LogP contribution in [0, 0.1) is 0 Å². The molecule has 0 unspecified atom stereocenters. The zero-order valence-corrected chi connectivity index (χ0v) is 8.85. The first-order valence-corrected chi connectivity index (χ1v) is 5.38. The van der Waals surface area contributed by atoms with Crippen molar-refractivity contribution in [3.05, 3.63) is 66.0 Å². The van der Waals surface area contributed by atoms with Crippen molar-refractivity contribution < 1.29 is 0 Å². The summed E-state index contributed by atoms with van der Waals surface area (Å²) in [6, 6.07) is 14.5. The van der Waals surface area contributed by atoms with Crippen LogP contribution in [0.25, 0.3) is 11.0 Å². The van der Waals surface area contributed by atoms with E-state index >= 15 is 0 Å². The van der Waals surface area contributed by atoms with Gasteiger partial charge in [0.2, 0.25) is 0 Å². The summed E-state index contributed by atoms with van der Waals surface area (Å²) in [5.41, 5.74) is 4.75. The third kappa shape index (κ3) is 1.58. The molecule has 0 aliphatic heterocycles. The molecule has 0 atom stereocenters. The van der Waals surface area contributed by atoms with Gasteiger partial charge < -0.3 is 4.98 Å². The van der Waals surface area contributed by atoms with Gasteiger partial charge in [0.25, 0.3) is 0 Å². The standard InChI is InChI=1S/C14H12N2/c1-2-5-11(6-3-1)9-12-10-16-13-7-4-8-15-14(12)13/h1-8,10,16H,9H2. The van der Waals surface area contributed by atoms with Gasteiger partial charge in [-0.3, -0.25) is 4.98 Å². The summed E-state index contributed by atoms with van der Waals surface area (Å²) in [4.78, 5) is 7.65. The second-order valence-corrected chi connectivity index (χ2v) is 3.88. The minimum absolute atomic E-state index is 0.928. The van der Waals surface area contributed by atoms with E-state index in [9.17, 15) is 0 Å². The molecular formula is C14H12N2. The first-order chi connectivity index (χ1) is 7.93. The van der Waals surface area contributed by atoms with Crippen LogP contribution in [0.2, 0.25) is 0 Å². The molecule has 3 aromatic rings. The van der Waals surface area contributed by atoms with Gasteiger partial charge in [0, 0.05) is 24.4 Å². The van der Waals surface area contributed by atoms with Crippen molar-refractivity contribution in [3.63, 3.8) is 0 Å². The van der Waals surface area contributed by atoms with Crippen LogP contribution in [0.3, 0.4) is 0 Å². The summed E-state index contributed by atoms with van der Waals surface area (Å²) in [5.74, 6) is 0. The molecule has 1 aromatic carbocycles. The first kappa shape index (κ1) is 9.16. The molecule has 1 N–H and O–H groups in total. The van der Waals surface area contributed by atoms with Crippen LogP contribution in [0.5, 0.6) is 0 Å². The fourth-order valence-electron chi connectivity index (χ4n) is 1.96. The largest absolute Gasteiger partial charge is 0.360 e. The van der Waals surface area contributed by atoms with Crippen LogP contribution in [-0.2, 0) is 6.42 Å². The van der Waals surface area contributed by atoms with E-state index in [1.54, 1.807) is 0 Å². The number of pyridine rings is 1. The fraction of sp³-hybridized carbons (Fsp3) is 0.0714. The Bertz CT molecular complexity index is 596. The molecule has 0 fully saturated rings. The predicted octanol–water partition coefficient (Wildman–Crippen LogP) is 3.15. The van der Waals surface area contributed by atoms with E-state index in [4.69, 9.17) is 0 Å². The molecule has 2 heteroatoms. The van der Waals surface area contributed by atoms with Gasteiger partial charge in [-0.15, -0.1) is 0 Å². The summed E-state index contributed by atoms with van der Waals surface area (Å²) >= 11 is 0. The van der Waals surface area contributed by atoms with Crippen molar-refractivity contribution in [1.29, 1.82) is 0 Å². The summed E-state index contributed by atoms with van der Waals surface area (Å²) in [7, 11) is 0. The third-order valence-electron chi connectivity index (χ3n) is 2.75. The highest BCUT2D eigenvalue weighted by Crippen LogP contribution is 2.18. The topological polar surface area (TPSA) is 28.7 Å². The number of H-pyrrole nitrogens is 1. The van der Waals surface area contributed by atoms with Crippen LogP contribution in [0.1, 0.15) is 11.1 Å². The maximum Gasteiger partial charge on any atom is 0.0914 e. The number of nitrogens with zero attached hydrogens (tertiary/aromatic N) is 1. The van der Waals surface area contributed by atoms with Crippen LogP contribution < -0.4 is 0 Å². The minimum Gasteiger partial charge on any atom is -0.360 e. The monoisotopic (exact) mass is 208 g/mol. The normalized spacial score (nSPS) is 10.8. The van der Waals surface area contributed by atoms with Gasteiger partial charge in [-0.05, 0) is 17.7 Å². The highest BCUT2D eigenvalue weighted by molar-refractivity contribution is 5.78. The Hall–Kier alpha value is -2.09. The van der Waals surface area contributed by atoms with Crippen molar-refractivity contribution in [2.45, 2.75) is 6.42 Å². The summed E-state index contributed by atoms with van der Waals surface area (Å²) in [6.07, 6.45) is 4.81. The number of hydrogen-bond donors (Lipinski definition) is 1. The van der Waals surface area contributed by atoms with Gasteiger partial charge in [0.1, 0.15) is 0 Å². The second-order valence-electron chi connectivity index (χ2n) is 3.88. The Kier molecular flexibility index (Phi) is 2.18. The maximum absolute atomic E-state index is 4.41. The lowest BCUT2D eigenvalue weighted by Crippen LogP contribution is -1.86. The molecule has 0 spiro atoms. The van der Waals surface area contributed by atoms with E-state index in [0.717, 1.165) is 17.5 Å². The molecule has 0 aliphatic carbocycles. The molecule has 0 saturated heterocycles. The van der Waals surface area contributed by atoms with E-state index in [2.05, 4.69) is 40.3 Å². The van der Waals surface area contributed by atoms with Gasteiger partial charge in [-0.1, -0.05) is 30.3 Å². The van der Waals surface area contributed by atoms with Crippen molar-refractivity contribution in [3.8, 4) is 0 Å². The number of nitrogens with one attached hydrogen (secondary N) is 1. The zero-order valence-electron chi connectivity index (χ0n) is 8.85. The zero-order chi connectivity index (χ0) is 10.8. The number of aromatic amines is 1. The van der Waals surface area contributed by atoms with Crippen molar-refractivity contribution >= 4 is 11.0 Å². The average molecular weight is 208 g/mol. The van der Waals surface area contributed by atoms with E-state index in [1.165, 1.54) is 11.1 Å². The molecule has 78 valence electrons. The Morgan fingerprint density at radius 2 is 1.88 bits per heavy atom. The van der Waals surface area contributed by atoms with Gasteiger partial charge >= 0.3 is 0 Å². The number of rotatable bonds is 2. The molecule has 3 rings (SSSR count). The lowest BCUT2D eigenvalue weighted by molar-refractivity contribution is 1.20. The number of aromatic nitrogens is 2. The Labute approximate surface area is 94.0 Å². The van der Waals surface area contributed by atoms with E-state index in [-0.39, 0.29) is 0 Å². The van der Waals surface area contributed by atoms with E-state index < -0.39 is 0 Å². The van der Waals surface area contributed by atoms with Crippen molar-refractivity contribution in [2.24, 2.45) is 0 Å². The average Bonchev–Trinajstić information content (AvgIpc) is 2.74. The SMILES string of the molecule is c1ccc(Cc2c[nH]c3cccnc23)cc1. The van der Waals surface area contributed by atoms with Crippen molar-refractivity contribution in [1.82, 2.24) is 9.97 Å². The predicted molar refractivity (Wildman–Crippen MR) is 65.3 cm³/mol. The van der Waals surface area contributed by atoms with E-state index in [0.29, 0.717) is 0 Å².